The van der Waals surface area contributed by atoms with Gasteiger partial charge in [0.2, 0.25) is 5.88 Å². The minimum absolute atomic E-state index is 0.0307. The van der Waals surface area contributed by atoms with Crippen molar-refractivity contribution < 1.29 is 23.1 Å². The Morgan fingerprint density at radius 2 is 2.08 bits per heavy atom. The van der Waals surface area contributed by atoms with E-state index in [4.69, 9.17) is 22.8 Å². The van der Waals surface area contributed by atoms with Crippen molar-refractivity contribution in [1.29, 1.82) is 0 Å². The van der Waals surface area contributed by atoms with Crippen LogP contribution in [0.4, 0.5) is 14.5 Å². The summed E-state index contributed by atoms with van der Waals surface area (Å²) < 4.78 is 31.7. The van der Waals surface area contributed by atoms with Crippen molar-refractivity contribution in [3.8, 4) is 24.0 Å². The average molecular weight is 548 g/mol. The molecule has 0 atom stereocenters. The molecule has 0 spiro atoms. The number of aromatic nitrogens is 3. The van der Waals surface area contributed by atoms with Gasteiger partial charge in [0.25, 0.3) is 11.8 Å². The molecule has 184 valence electrons. The van der Waals surface area contributed by atoms with Gasteiger partial charge in [-0.2, -0.15) is 8.78 Å². The van der Waals surface area contributed by atoms with Crippen molar-refractivity contribution in [1.82, 2.24) is 20.1 Å². The van der Waals surface area contributed by atoms with E-state index < -0.39 is 16.4 Å². The number of nitrogens with zero attached hydrogens (tertiary/aromatic N) is 3. The summed E-state index contributed by atoms with van der Waals surface area (Å²) in [6.45, 7) is 0. The predicted molar refractivity (Wildman–Crippen MR) is 132 cm³/mol. The van der Waals surface area contributed by atoms with Crippen LogP contribution in [0, 0.1) is 12.3 Å². The van der Waals surface area contributed by atoms with Gasteiger partial charge in [0.1, 0.15) is 5.69 Å². The number of hydrogen-bond acceptors (Lipinski definition) is 7. The summed E-state index contributed by atoms with van der Waals surface area (Å²) in [6.07, 6.45) is 8.72. The molecule has 3 heterocycles. The van der Waals surface area contributed by atoms with Gasteiger partial charge >= 0.3 is 4.59 Å². The molecule has 0 bridgehead atoms. The monoisotopic (exact) mass is 547 g/mol. The first-order chi connectivity index (χ1) is 17.2. The highest BCUT2D eigenvalue weighted by molar-refractivity contribution is 8.20. The van der Waals surface area contributed by atoms with Crippen LogP contribution in [0.25, 0.3) is 5.82 Å². The van der Waals surface area contributed by atoms with Gasteiger partial charge in [-0.25, -0.2) is 9.67 Å². The highest BCUT2D eigenvalue weighted by Gasteiger charge is 2.44. The Balaban J connectivity index is 1.61. The lowest BCUT2D eigenvalue weighted by atomic mass is 10.1. The minimum Gasteiger partial charge on any atom is -0.480 e. The van der Waals surface area contributed by atoms with E-state index in [1.165, 1.54) is 30.1 Å². The third-order valence-corrected chi connectivity index (χ3v) is 7.87. The van der Waals surface area contributed by atoms with E-state index >= 15 is 0 Å². The number of hydrogen-bond donors (Lipinski definition) is 2. The fourth-order valence-electron chi connectivity index (χ4n) is 3.52. The van der Waals surface area contributed by atoms with Crippen molar-refractivity contribution in [2.75, 3.05) is 12.4 Å². The molecular weight excluding hydrogens is 532 g/mol. The number of methoxy groups -OCH3 is 1. The molecule has 8 nitrogen and oxygen atoms in total. The maximum atomic E-state index is 14.3. The zero-order valence-electron chi connectivity index (χ0n) is 18.5. The number of fused-ring (bicyclic) bond motifs is 1. The summed E-state index contributed by atoms with van der Waals surface area (Å²) in [6, 6.07) is 5.86. The van der Waals surface area contributed by atoms with Crippen molar-refractivity contribution in [2.24, 2.45) is 0 Å². The molecule has 5 rings (SSSR count). The molecule has 3 aromatic rings. The lowest BCUT2D eigenvalue weighted by Gasteiger charge is -2.17. The van der Waals surface area contributed by atoms with Gasteiger partial charge in [-0.1, -0.05) is 17.5 Å². The molecule has 0 saturated heterocycles. The Morgan fingerprint density at radius 3 is 2.75 bits per heavy atom. The number of terminal acetylenes is 1. The first-order valence-electron chi connectivity index (χ1n) is 10.5. The molecule has 13 heteroatoms. The van der Waals surface area contributed by atoms with Gasteiger partial charge in [0.05, 0.1) is 23.4 Å². The van der Waals surface area contributed by atoms with Crippen LogP contribution in [0.1, 0.15) is 39.3 Å². The van der Waals surface area contributed by atoms with Crippen LogP contribution in [0.2, 0.25) is 5.02 Å². The first kappa shape index (κ1) is 24.4. The Morgan fingerprint density at radius 1 is 1.31 bits per heavy atom. The number of carbonyl (C=O) groups excluding carboxylic acids is 2. The molecule has 1 aliphatic carbocycles. The zero-order chi connectivity index (χ0) is 25.6. The van der Waals surface area contributed by atoms with Gasteiger partial charge in [0, 0.05) is 33.7 Å². The van der Waals surface area contributed by atoms with Crippen molar-refractivity contribution in [2.45, 2.75) is 33.3 Å². The summed E-state index contributed by atoms with van der Waals surface area (Å²) in [4.78, 5) is 31.1. The van der Waals surface area contributed by atoms with E-state index in [1.54, 1.807) is 12.1 Å². The van der Waals surface area contributed by atoms with Crippen LogP contribution in [0.15, 0.2) is 40.3 Å². The third kappa shape index (κ3) is 4.61. The quantitative estimate of drug-likeness (QED) is 0.428. The second-order valence-electron chi connectivity index (χ2n) is 7.81. The van der Waals surface area contributed by atoms with Crippen LogP contribution in [0.3, 0.4) is 0 Å². The summed E-state index contributed by atoms with van der Waals surface area (Å²) in [5, 5.41) is 9.88. The SMILES string of the molecule is C#Cc1cc2c(c(C(=O)NC3CC3)c1NC(=O)c1cc(OC)nn1-c1ncccc1Cl)SC(F)(F)S2. The van der Waals surface area contributed by atoms with Gasteiger partial charge < -0.3 is 15.4 Å². The molecule has 2 amide bonds. The number of ether oxygens (including phenoxy) is 1. The lowest BCUT2D eigenvalue weighted by molar-refractivity contribution is 0.0948. The molecule has 0 unspecified atom stereocenters. The van der Waals surface area contributed by atoms with Crippen LogP contribution < -0.4 is 15.4 Å². The Labute approximate surface area is 217 Å². The van der Waals surface area contributed by atoms with Crippen molar-refractivity contribution in [3.05, 3.63) is 52.3 Å². The van der Waals surface area contributed by atoms with Crippen LogP contribution in [-0.2, 0) is 0 Å². The molecule has 0 radical (unpaired) electrons. The molecule has 36 heavy (non-hydrogen) atoms. The predicted octanol–water partition coefficient (Wildman–Crippen LogP) is 4.80. The first-order valence-corrected chi connectivity index (χ1v) is 12.5. The Bertz CT molecular complexity index is 1450. The topological polar surface area (TPSA) is 98.1 Å². The van der Waals surface area contributed by atoms with E-state index in [0.29, 0.717) is 11.8 Å². The molecule has 2 N–H and O–H groups in total. The maximum Gasteiger partial charge on any atom is 0.350 e. The number of benzene rings is 1. The molecule has 2 aromatic heterocycles. The van der Waals surface area contributed by atoms with Gasteiger partial charge in [-0.05, 0) is 54.6 Å². The Kier molecular flexibility index (Phi) is 6.32. The van der Waals surface area contributed by atoms with Crippen molar-refractivity contribution >= 4 is 52.6 Å². The third-order valence-electron chi connectivity index (χ3n) is 5.30. The summed E-state index contributed by atoms with van der Waals surface area (Å²) in [5.41, 5.74) is -0.104. The Hall–Kier alpha value is -3.27. The highest BCUT2D eigenvalue weighted by atomic mass is 35.5. The number of rotatable bonds is 6. The van der Waals surface area contributed by atoms with E-state index in [-0.39, 0.29) is 66.8 Å². The zero-order valence-corrected chi connectivity index (χ0v) is 20.9. The molecule has 1 aliphatic heterocycles. The van der Waals surface area contributed by atoms with Gasteiger partial charge in [-0.3, -0.25) is 9.59 Å². The van der Waals surface area contributed by atoms with Crippen LogP contribution in [-0.4, -0.2) is 44.3 Å². The number of halogens is 3. The lowest BCUT2D eigenvalue weighted by Crippen LogP contribution is -2.28. The summed E-state index contributed by atoms with van der Waals surface area (Å²) >= 11 is 6.81. The average Bonchev–Trinajstić information content (AvgIpc) is 3.44. The maximum absolute atomic E-state index is 14.3. The smallest absolute Gasteiger partial charge is 0.350 e. The minimum atomic E-state index is -3.19. The van der Waals surface area contributed by atoms with Gasteiger partial charge in [0.15, 0.2) is 5.82 Å². The number of carbonyl (C=O) groups is 2. The van der Waals surface area contributed by atoms with E-state index in [1.807, 2.05) is 0 Å². The van der Waals surface area contributed by atoms with Crippen LogP contribution in [0.5, 0.6) is 5.88 Å². The number of nitrogens with one attached hydrogen (secondary N) is 2. The largest absolute Gasteiger partial charge is 0.480 e. The molecular formula is C23H16ClF2N5O3S2. The fourth-order valence-corrected chi connectivity index (χ4v) is 5.98. The second kappa shape index (κ2) is 9.31. The second-order valence-corrected chi connectivity index (χ2v) is 10.8. The van der Waals surface area contributed by atoms with E-state index in [2.05, 4.69) is 26.6 Å². The fraction of sp³-hybridized carbons (Fsp3) is 0.217. The summed E-state index contributed by atoms with van der Waals surface area (Å²) in [5.74, 6) is 1.35. The number of alkyl halides is 2. The molecule has 1 fully saturated rings. The van der Waals surface area contributed by atoms with E-state index in [0.717, 1.165) is 12.8 Å². The molecule has 1 aromatic carbocycles. The number of thioether (sulfide) groups is 2. The standard InChI is InChI=1S/C23H16ClF2N5O3S2/c1-3-11-9-15-19(36-23(25,26)35-15)17(22(33)28-12-6-7-12)18(11)29-21(32)14-10-16(34-2)30-31(14)20-13(24)5-4-8-27-20/h1,4-5,8-10,12H,6-7H2,2H3,(H,28,33)(H,29,32). The summed E-state index contributed by atoms with van der Waals surface area (Å²) in [7, 11) is 1.38. The molecule has 2 aliphatic rings. The number of amides is 2. The number of anilines is 1. The normalized spacial score (nSPS) is 15.6. The number of pyridine rings is 1. The molecule has 1 saturated carbocycles. The van der Waals surface area contributed by atoms with Crippen molar-refractivity contribution in [3.63, 3.8) is 0 Å². The van der Waals surface area contributed by atoms with E-state index in [9.17, 15) is 18.4 Å². The highest BCUT2D eigenvalue weighted by Crippen LogP contribution is 2.60. The van der Waals surface area contributed by atoms with Crippen LogP contribution >= 0.6 is 35.1 Å². The van der Waals surface area contributed by atoms with Gasteiger partial charge in [-0.15, -0.1) is 11.5 Å².